The number of likely N-dealkylation sites (tertiary alicyclic amines) is 1. The van der Waals surface area contributed by atoms with Crippen molar-refractivity contribution in [3.63, 3.8) is 0 Å². The predicted octanol–water partition coefficient (Wildman–Crippen LogP) is 4.88. The number of carbonyl (C=O) groups is 2. The van der Waals surface area contributed by atoms with Crippen LogP contribution in [-0.4, -0.2) is 41.5 Å². The molecule has 2 heterocycles. The van der Waals surface area contributed by atoms with Crippen molar-refractivity contribution >= 4 is 17.4 Å². The maximum atomic E-state index is 13.1. The van der Waals surface area contributed by atoms with Gasteiger partial charge in [-0.1, -0.05) is 32.9 Å². The molecule has 2 aliphatic heterocycles. The Bertz CT molecular complexity index is 1090. The number of Topliss-reactive ketones (excluding diaryl/α,β-unsaturated/α-hetero) is 1. The van der Waals surface area contributed by atoms with Gasteiger partial charge >= 0.3 is 0 Å². The zero-order chi connectivity index (χ0) is 23.5. The lowest BCUT2D eigenvalue weighted by atomic mass is 9.94. The highest BCUT2D eigenvalue weighted by Crippen LogP contribution is 2.41. The Morgan fingerprint density at radius 1 is 1.21 bits per heavy atom. The summed E-state index contributed by atoms with van der Waals surface area (Å²) in [6.07, 6.45) is 2.45. The number of carbonyl (C=O) groups excluding carboxylic acids is 2. The SMILES string of the molecule is CCCN1C(=O)C(=O)/C(=C(\O)c2ccc3c(c2)CCCO3)C1c1cccc(OCC(C)C)c1. The Balaban J connectivity index is 1.79. The van der Waals surface area contributed by atoms with Gasteiger partial charge in [0.25, 0.3) is 11.7 Å². The van der Waals surface area contributed by atoms with Crippen molar-refractivity contribution in [2.24, 2.45) is 5.92 Å². The van der Waals surface area contributed by atoms with E-state index in [4.69, 9.17) is 9.47 Å². The molecule has 1 fully saturated rings. The van der Waals surface area contributed by atoms with Crippen LogP contribution in [0.2, 0.25) is 0 Å². The van der Waals surface area contributed by atoms with E-state index in [0.717, 1.165) is 29.7 Å². The van der Waals surface area contributed by atoms with Crippen molar-refractivity contribution in [3.05, 3.63) is 64.7 Å². The minimum absolute atomic E-state index is 0.117. The Hall–Kier alpha value is -3.28. The molecule has 2 aromatic carbocycles. The van der Waals surface area contributed by atoms with Crippen LogP contribution in [0.5, 0.6) is 11.5 Å². The maximum Gasteiger partial charge on any atom is 0.295 e. The molecule has 4 rings (SSSR count). The fourth-order valence-corrected chi connectivity index (χ4v) is 4.40. The monoisotopic (exact) mass is 449 g/mol. The summed E-state index contributed by atoms with van der Waals surface area (Å²) in [7, 11) is 0. The molecule has 1 unspecified atom stereocenters. The summed E-state index contributed by atoms with van der Waals surface area (Å²) in [6.45, 7) is 7.77. The molecule has 0 aromatic heterocycles. The van der Waals surface area contributed by atoms with Gasteiger partial charge in [-0.25, -0.2) is 0 Å². The molecule has 0 bridgehead atoms. The molecule has 1 atom stereocenters. The van der Waals surface area contributed by atoms with Crippen molar-refractivity contribution in [1.82, 2.24) is 4.90 Å². The second kappa shape index (κ2) is 9.69. The number of ketones is 1. The van der Waals surface area contributed by atoms with Crippen molar-refractivity contribution in [2.75, 3.05) is 19.8 Å². The molecule has 2 aliphatic rings. The quantitative estimate of drug-likeness (QED) is 0.370. The molecule has 0 saturated carbocycles. The molecule has 1 amide bonds. The van der Waals surface area contributed by atoms with Crippen LogP contribution in [0.3, 0.4) is 0 Å². The van der Waals surface area contributed by atoms with E-state index >= 15 is 0 Å². The van der Waals surface area contributed by atoms with Gasteiger partial charge in [0, 0.05) is 12.1 Å². The lowest BCUT2D eigenvalue weighted by molar-refractivity contribution is -0.139. The number of hydrogen-bond acceptors (Lipinski definition) is 5. The molecule has 1 saturated heterocycles. The number of ether oxygens (including phenoxy) is 2. The molecular weight excluding hydrogens is 418 g/mol. The zero-order valence-corrected chi connectivity index (χ0v) is 19.5. The lowest BCUT2D eigenvalue weighted by Gasteiger charge is -2.25. The minimum Gasteiger partial charge on any atom is -0.507 e. The number of hydrogen-bond donors (Lipinski definition) is 1. The molecule has 0 spiro atoms. The second-order valence-corrected chi connectivity index (χ2v) is 9.04. The summed E-state index contributed by atoms with van der Waals surface area (Å²) in [5.41, 5.74) is 2.37. The van der Waals surface area contributed by atoms with E-state index in [1.165, 1.54) is 0 Å². The highest BCUT2D eigenvalue weighted by Gasteiger charge is 2.45. The number of amides is 1. The van der Waals surface area contributed by atoms with Gasteiger partial charge < -0.3 is 19.5 Å². The Kier molecular flexibility index (Phi) is 6.72. The predicted molar refractivity (Wildman–Crippen MR) is 126 cm³/mol. The van der Waals surface area contributed by atoms with Gasteiger partial charge in [-0.15, -0.1) is 0 Å². The molecule has 0 aliphatic carbocycles. The molecule has 0 radical (unpaired) electrons. The van der Waals surface area contributed by atoms with Gasteiger partial charge in [0.05, 0.1) is 24.8 Å². The minimum atomic E-state index is -0.667. The van der Waals surface area contributed by atoms with Crippen LogP contribution in [0.15, 0.2) is 48.0 Å². The molecular formula is C27H31NO5. The average molecular weight is 450 g/mol. The summed E-state index contributed by atoms with van der Waals surface area (Å²) < 4.78 is 11.6. The lowest BCUT2D eigenvalue weighted by Crippen LogP contribution is -2.30. The molecule has 6 heteroatoms. The van der Waals surface area contributed by atoms with E-state index in [-0.39, 0.29) is 11.3 Å². The summed E-state index contributed by atoms with van der Waals surface area (Å²) in [4.78, 5) is 27.6. The number of nitrogens with zero attached hydrogens (tertiary/aromatic N) is 1. The maximum absolute atomic E-state index is 13.1. The van der Waals surface area contributed by atoms with Gasteiger partial charge in [-0.05, 0) is 66.6 Å². The van der Waals surface area contributed by atoms with E-state index in [1.54, 1.807) is 11.0 Å². The number of fused-ring (bicyclic) bond motifs is 1. The first-order valence-electron chi connectivity index (χ1n) is 11.7. The van der Waals surface area contributed by atoms with Gasteiger partial charge in [0.15, 0.2) is 0 Å². The highest BCUT2D eigenvalue weighted by atomic mass is 16.5. The Morgan fingerprint density at radius 3 is 2.79 bits per heavy atom. The van der Waals surface area contributed by atoms with Gasteiger partial charge in [-0.3, -0.25) is 9.59 Å². The second-order valence-electron chi connectivity index (χ2n) is 9.04. The zero-order valence-electron chi connectivity index (χ0n) is 19.5. The van der Waals surface area contributed by atoms with E-state index < -0.39 is 17.7 Å². The fraction of sp³-hybridized carbons (Fsp3) is 0.407. The van der Waals surface area contributed by atoms with E-state index in [2.05, 4.69) is 13.8 Å². The number of aliphatic hydroxyl groups is 1. The summed E-state index contributed by atoms with van der Waals surface area (Å²) in [6, 6.07) is 12.2. The van der Waals surface area contributed by atoms with E-state index in [9.17, 15) is 14.7 Å². The van der Waals surface area contributed by atoms with Crippen LogP contribution in [0.1, 0.15) is 56.3 Å². The molecule has 1 N–H and O–H groups in total. The van der Waals surface area contributed by atoms with Crippen LogP contribution < -0.4 is 9.47 Å². The van der Waals surface area contributed by atoms with Crippen LogP contribution in [0, 0.1) is 5.92 Å². The average Bonchev–Trinajstić information content (AvgIpc) is 3.07. The van der Waals surface area contributed by atoms with Crippen molar-refractivity contribution in [2.45, 2.75) is 46.1 Å². The molecule has 6 nitrogen and oxygen atoms in total. The number of benzene rings is 2. The van der Waals surface area contributed by atoms with Crippen molar-refractivity contribution in [3.8, 4) is 11.5 Å². The van der Waals surface area contributed by atoms with Crippen molar-refractivity contribution in [1.29, 1.82) is 0 Å². The highest BCUT2D eigenvalue weighted by molar-refractivity contribution is 6.46. The standard InChI is InChI=1S/C27H31NO5/c1-4-12-28-24(19-7-5-9-21(15-19)33-16-17(2)3)23(26(30)27(28)31)25(29)20-10-11-22-18(14-20)8-6-13-32-22/h5,7,9-11,14-15,17,24,29H,4,6,8,12-13,16H2,1-3H3/b25-23-. The number of aliphatic hydroxyl groups excluding tert-OH is 1. The fourth-order valence-electron chi connectivity index (χ4n) is 4.40. The van der Waals surface area contributed by atoms with E-state index in [1.807, 2.05) is 43.3 Å². The largest absolute Gasteiger partial charge is 0.507 e. The molecule has 33 heavy (non-hydrogen) atoms. The Morgan fingerprint density at radius 2 is 2.03 bits per heavy atom. The van der Waals surface area contributed by atoms with E-state index in [0.29, 0.717) is 43.4 Å². The van der Waals surface area contributed by atoms with Crippen LogP contribution in [0.4, 0.5) is 0 Å². The molecule has 2 aromatic rings. The third kappa shape index (κ3) is 4.61. The van der Waals surface area contributed by atoms with Gasteiger partial charge in [0.2, 0.25) is 0 Å². The first-order chi connectivity index (χ1) is 15.9. The smallest absolute Gasteiger partial charge is 0.295 e. The summed E-state index contributed by atoms with van der Waals surface area (Å²) in [5.74, 6) is 0.447. The Labute approximate surface area is 194 Å². The number of aryl methyl sites for hydroxylation is 1. The van der Waals surface area contributed by atoms with Gasteiger partial charge in [0.1, 0.15) is 17.3 Å². The third-order valence-corrected chi connectivity index (χ3v) is 5.94. The summed E-state index contributed by atoms with van der Waals surface area (Å²) >= 11 is 0. The first-order valence-corrected chi connectivity index (χ1v) is 11.7. The number of rotatable bonds is 7. The third-order valence-electron chi connectivity index (χ3n) is 5.94. The van der Waals surface area contributed by atoms with Crippen LogP contribution in [-0.2, 0) is 16.0 Å². The van der Waals surface area contributed by atoms with Crippen LogP contribution in [0.25, 0.3) is 5.76 Å². The van der Waals surface area contributed by atoms with Crippen molar-refractivity contribution < 1.29 is 24.2 Å². The normalized spacial score (nSPS) is 19.5. The summed E-state index contributed by atoms with van der Waals surface area (Å²) in [5, 5.41) is 11.3. The molecule has 174 valence electrons. The van der Waals surface area contributed by atoms with Crippen LogP contribution >= 0.6 is 0 Å². The first kappa shape index (κ1) is 22.9. The van der Waals surface area contributed by atoms with Gasteiger partial charge in [-0.2, -0.15) is 0 Å². The topological polar surface area (TPSA) is 76.1 Å².